The molecule has 19 heavy (non-hydrogen) atoms. The largest absolute Gasteiger partial charge is 0.480 e. The van der Waals surface area contributed by atoms with Crippen LogP contribution in [-0.4, -0.2) is 48.2 Å². The second-order valence-corrected chi connectivity index (χ2v) is 5.06. The molecule has 1 atom stereocenters. The van der Waals surface area contributed by atoms with Gasteiger partial charge in [0, 0.05) is 31.9 Å². The standard InChI is InChI=1S/C15H22N2O2/c1-3-13-4-6-14(7-5-13)17-10-8-16(9-11-17)12(2)15(18)19/h4-7,12H,3,8-11H2,1-2H3,(H,18,19)/t12-/m0/s1. The first-order valence-electron chi connectivity index (χ1n) is 6.92. The fraction of sp³-hybridized carbons (Fsp3) is 0.533. The predicted octanol–water partition coefficient (Wildman–Crippen LogP) is 1.84. The molecular weight excluding hydrogens is 240 g/mol. The van der Waals surface area contributed by atoms with E-state index in [0.29, 0.717) is 0 Å². The highest BCUT2D eigenvalue weighted by molar-refractivity contribution is 5.72. The molecule has 0 saturated carbocycles. The highest BCUT2D eigenvalue weighted by Crippen LogP contribution is 2.18. The quantitative estimate of drug-likeness (QED) is 0.899. The number of hydrogen-bond acceptors (Lipinski definition) is 3. The van der Waals surface area contributed by atoms with Gasteiger partial charge >= 0.3 is 5.97 Å². The molecule has 104 valence electrons. The van der Waals surface area contributed by atoms with E-state index in [1.54, 1.807) is 6.92 Å². The van der Waals surface area contributed by atoms with Gasteiger partial charge in [-0.05, 0) is 31.0 Å². The first-order chi connectivity index (χ1) is 9.11. The van der Waals surface area contributed by atoms with Crippen LogP contribution in [-0.2, 0) is 11.2 Å². The topological polar surface area (TPSA) is 43.8 Å². The van der Waals surface area contributed by atoms with Crippen molar-refractivity contribution in [1.29, 1.82) is 0 Å². The number of benzene rings is 1. The second-order valence-electron chi connectivity index (χ2n) is 5.06. The van der Waals surface area contributed by atoms with Crippen molar-refractivity contribution in [2.45, 2.75) is 26.3 Å². The molecule has 0 unspecified atom stereocenters. The summed E-state index contributed by atoms with van der Waals surface area (Å²) in [6.07, 6.45) is 1.06. The number of anilines is 1. The molecule has 1 saturated heterocycles. The molecular formula is C15H22N2O2. The minimum atomic E-state index is -0.735. The van der Waals surface area contributed by atoms with E-state index in [-0.39, 0.29) is 6.04 Å². The Morgan fingerprint density at radius 2 is 1.79 bits per heavy atom. The molecule has 0 bridgehead atoms. The van der Waals surface area contributed by atoms with Crippen LogP contribution in [0, 0.1) is 0 Å². The lowest BCUT2D eigenvalue weighted by Gasteiger charge is -2.37. The summed E-state index contributed by atoms with van der Waals surface area (Å²) in [6, 6.07) is 8.28. The summed E-state index contributed by atoms with van der Waals surface area (Å²) < 4.78 is 0. The molecule has 1 heterocycles. The Hall–Kier alpha value is -1.55. The molecule has 0 aliphatic carbocycles. The zero-order valence-electron chi connectivity index (χ0n) is 11.7. The number of piperazine rings is 1. The van der Waals surface area contributed by atoms with Crippen molar-refractivity contribution in [3.05, 3.63) is 29.8 Å². The zero-order chi connectivity index (χ0) is 13.8. The van der Waals surface area contributed by atoms with Gasteiger partial charge in [0.05, 0.1) is 0 Å². The number of aryl methyl sites for hydroxylation is 1. The molecule has 0 radical (unpaired) electrons. The number of carboxylic acid groups (broad SMARTS) is 1. The van der Waals surface area contributed by atoms with Crippen LogP contribution in [0.1, 0.15) is 19.4 Å². The average Bonchev–Trinajstić information content (AvgIpc) is 2.46. The number of rotatable bonds is 4. The summed E-state index contributed by atoms with van der Waals surface area (Å²) in [7, 11) is 0. The molecule has 1 aromatic rings. The van der Waals surface area contributed by atoms with Gasteiger partial charge in [-0.2, -0.15) is 0 Å². The third-order valence-electron chi connectivity index (χ3n) is 3.93. The predicted molar refractivity (Wildman–Crippen MR) is 76.7 cm³/mol. The van der Waals surface area contributed by atoms with E-state index in [1.807, 2.05) is 4.90 Å². The van der Waals surface area contributed by atoms with Gasteiger partial charge in [0.15, 0.2) is 0 Å². The number of aliphatic carboxylic acids is 1. The maximum Gasteiger partial charge on any atom is 0.320 e. The zero-order valence-corrected chi connectivity index (χ0v) is 11.7. The van der Waals surface area contributed by atoms with Gasteiger partial charge in [0.25, 0.3) is 0 Å². The van der Waals surface area contributed by atoms with E-state index in [9.17, 15) is 4.79 Å². The van der Waals surface area contributed by atoms with Crippen molar-refractivity contribution in [3.63, 3.8) is 0 Å². The first-order valence-corrected chi connectivity index (χ1v) is 6.92. The van der Waals surface area contributed by atoms with Crippen molar-refractivity contribution in [1.82, 2.24) is 4.90 Å². The van der Waals surface area contributed by atoms with Crippen molar-refractivity contribution >= 4 is 11.7 Å². The minimum Gasteiger partial charge on any atom is -0.480 e. The molecule has 0 aromatic heterocycles. The fourth-order valence-corrected chi connectivity index (χ4v) is 2.47. The third kappa shape index (κ3) is 3.26. The molecule has 1 N–H and O–H groups in total. The Balaban J connectivity index is 1.93. The first kappa shape index (κ1) is 13.9. The van der Waals surface area contributed by atoms with Gasteiger partial charge in [-0.1, -0.05) is 19.1 Å². The normalized spacial score (nSPS) is 18.3. The Labute approximate surface area is 114 Å². The Morgan fingerprint density at radius 1 is 1.21 bits per heavy atom. The van der Waals surface area contributed by atoms with Crippen LogP contribution in [0.2, 0.25) is 0 Å². The van der Waals surface area contributed by atoms with Crippen LogP contribution < -0.4 is 4.90 Å². The van der Waals surface area contributed by atoms with Crippen LogP contribution in [0.4, 0.5) is 5.69 Å². The molecule has 1 aliphatic rings. The van der Waals surface area contributed by atoms with Crippen LogP contribution in [0.5, 0.6) is 0 Å². The van der Waals surface area contributed by atoms with Gasteiger partial charge in [0.1, 0.15) is 6.04 Å². The van der Waals surface area contributed by atoms with E-state index >= 15 is 0 Å². The van der Waals surface area contributed by atoms with Crippen LogP contribution in [0.25, 0.3) is 0 Å². The molecule has 1 aliphatic heterocycles. The van der Waals surface area contributed by atoms with Crippen LogP contribution in [0.3, 0.4) is 0 Å². The highest BCUT2D eigenvalue weighted by Gasteiger charge is 2.25. The Morgan fingerprint density at radius 3 is 2.26 bits per heavy atom. The number of nitrogens with zero attached hydrogens (tertiary/aromatic N) is 2. The summed E-state index contributed by atoms with van der Waals surface area (Å²) in [6.45, 7) is 7.31. The van der Waals surface area contributed by atoms with E-state index < -0.39 is 5.97 Å². The molecule has 2 rings (SSSR count). The van der Waals surface area contributed by atoms with E-state index in [2.05, 4.69) is 36.1 Å². The van der Waals surface area contributed by atoms with Crippen molar-refractivity contribution in [2.75, 3.05) is 31.1 Å². The van der Waals surface area contributed by atoms with Crippen molar-refractivity contribution in [2.24, 2.45) is 0 Å². The summed E-state index contributed by atoms with van der Waals surface area (Å²) in [5.41, 5.74) is 2.58. The molecule has 4 heteroatoms. The molecule has 0 spiro atoms. The third-order valence-corrected chi connectivity index (χ3v) is 3.93. The average molecular weight is 262 g/mol. The number of carboxylic acids is 1. The Bertz CT molecular complexity index is 422. The lowest BCUT2D eigenvalue weighted by atomic mass is 10.1. The molecule has 1 fully saturated rings. The fourth-order valence-electron chi connectivity index (χ4n) is 2.47. The monoisotopic (exact) mass is 262 g/mol. The Kier molecular flexibility index (Phi) is 4.43. The highest BCUT2D eigenvalue weighted by atomic mass is 16.4. The summed E-state index contributed by atoms with van der Waals surface area (Å²) >= 11 is 0. The molecule has 0 amide bonds. The van der Waals surface area contributed by atoms with Gasteiger partial charge < -0.3 is 10.0 Å². The summed E-state index contributed by atoms with van der Waals surface area (Å²) in [5, 5.41) is 9.02. The maximum atomic E-state index is 11.0. The molecule has 1 aromatic carbocycles. The van der Waals surface area contributed by atoms with E-state index in [1.165, 1.54) is 11.3 Å². The van der Waals surface area contributed by atoms with Gasteiger partial charge in [0.2, 0.25) is 0 Å². The SMILES string of the molecule is CCc1ccc(N2CCN([C@@H](C)C(=O)O)CC2)cc1. The van der Waals surface area contributed by atoms with E-state index in [4.69, 9.17) is 5.11 Å². The van der Waals surface area contributed by atoms with Crippen LogP contribution >= 0.6 is 0 Å². The van der Waals surface area contributed by atoms with E-state index in [0.717, 1.165) is 32.6 Å². The van der Waals surface area contributed by atoms with Crippen LogP contribution in [0.15, 0.2) is 24.3 Å². The molecule has 4 nitrogen and oxygen atoms in total. The van der Waals surface area contributed by atoms with Gasteiger partial charge in [-0.3, -0.25) is 9.69 Å². The second kappa shape index (κ2) is 6.06. The van der Waals surface area contributed by atoms with Gasteiger partial charge in [-0.15, -0.1) is 0 Å². The van der Waals surface area contributed by atoms with Gasteiger partial charge in [-0.25, -0.2) is 0 Å². The lowest BCUT2D eigenvalue weighted by molar-refractivity contribution is -0.142. The minimum absolute atomic E-state index is 0.385. The maximum absolute atomic E-state index is 11.0. The van der Waals surface area contributed by atoms with Crippen molar-refractivity contribution in [3.8, 4) is 0 Å². The summed E-state index contributed by atoms with van der Waals surface area (Å²) in [5.74, 6) is -0.735. The van der Waals surface area contributed by atoms with Crippen molar-refractivity contribution < 1.29 is 9.90 Å². The summed E-state index contributed by atoms with van der Waals surface area (Å²) in [4.78, 5) is 15.3. The smallest absolute Gasteiger partial charge is 0.320 e. The number of carbonyl (C=O) groups is 1. The number of hydrogen-bond donors (Lipinski definition) is 1. The lowest BCUT2D eigenvalue weighted by Crippen LogP contribution is -2.51.